The molecule has 0 bridgehead atoms. The maximum absolute atomic E-state index is 10.2. The summed E-state index contributed by atoms with van der Waals surface area (Å²) in [6.07, 6.45) is 4.60. The number of aromatic amines is 1. The minimum atomic E-state index is -0.623. The van der Waals surface area contributed by atoms with Crippen molar-refractivity contribution < 1.29 is 5.11 Å². The molecule has 2 N–H and O–H groups in total. The van der Waals surface area contributed by atoms with E-state index in [-0.39, 0.29) is 0 Å². The fraction of sp³-hybridized carbons (Fsp3) is 0.545. The van der Waals surface area contributed by atoms with Gasteiger partial charge in [0.25, 0.3) is 0 Å². The summed E-state index contributed by atoms with van der Waals surface area (Å²) in [4.78, 5) is 15.4. The molecule has 0 aliphatic heterocycles. The highest BCUT2D eigenvalue weighted by atomic mass is 32.2. The quantitative estimate of drug-likeness (QED) is 0.629. The highest BCUT2D eigenvalue weighted by Gasteiger charge is 2.23. The molecule has 0 radical (unpaired) electrons. The Kier molecular flexibility index (Phi) is 3.63. The summed E-state index contributed by atoms with van der Waals surface area (Å²) in [5, 5.41) is 11.1. The predicted octanol–water partition coefficient (Wildman–Crippen LogP) is 2.00. The zero-order valence-electron chi connectivity index (χ0n) is 9.97. The number of rotatable bonds is 5. The number of nitrogens with one attached hydrogen (secondary N) is 1. The molecule has 17 heavy (non-hydrogen) atoms. The highest BCUT2D eigenvalue weighted by Crippen LogP contribution is 2.28. The Bertz CT molecular complexity index is 495. The lowest BCUT2D eigenvalue weighted by Gasteiger charge is -2.24. The molecule has 0 fully saturated rings. The van der Waals surface area contributed by atoms with Crippen molar-refractivity contribution in [3.8, 4) is 0 Å². The maximum atomic E-state index is 10.2. The van der Waals surface area contributed by atoms with Gasteiger partial charge in [-0.2, -0.15) is 0 Å². The zero-order valence-corrected chi connectivity index (χ0v) is 10.8. The summed E-state index contributed by atoms with van der Waals surface area (Å²) in [5.74, 6) is 0.630. The SMILES string of the molecule is CCC(O)(CC)CSc1ncnc2nc[nH]c12. The predicted molar refractivity (Wildman–Crippen MR) is 67.9 cm³/mol. The van der Waals surface area contributed by atoms with Gasteiger partial charge < -0.3 is 10.1 Å². The van der Waals surface area contributed by atoms with Crippen LogP contribution in [-0.2, 0) is 0 Å². The lowest BCUT2D eigenvalue weighted by molar-refractivity contribution is 0.0572. The molecule has 5 nitrogen and oxygen atoms in total. The van der Waals surface area contributed by atoms with E-state index in [0.717, 1.165) is 23.4 Å². The van der Waals surface area contributed by atoms with Gasteiger partial charge in [-0.15, -0.1) is 11.8 Å². The van der Waals surface area contributed by atoms with E-state index in [0.29, 0.717) is 11.4 Å². The van der Waals surface area contributed by atoms with Gasteiger partial charge in [-0.3, -0.25) is 0 Å². The first-order chi connectivity index (χ1) is 8.18. The Hall–Kier alpha value is -1.14. The van der Waals surface area contributed by atoms with Crippen LogP contribution in [-0.4, -0.2) is 36.4 Å². The first-order valence-electron chi connectivity index (χ1n) is 5.68. The molecule has 2 heterocycles. The Morgan fingerprint density at radius 2 is 2.06 bits per heavy atom. The molecule has 0 saturated heterocycles. The molecule has 0 aliphatic carbocycles. The summed E-state index contributed by atoms with van der Waals surface area (Å²) in [5.41, 5.74) is 0.883. The topological polar surface area (TPSA) is 74.7 Å². The monoisotopic (exact) mass is 252 g/mol. The van der Waals surface area contributed by atoms with Gasteiger partial charge in [0.2, 0.25) is 0 Å². The standard InChI is InChI=1S/C11H16N4OS/c1-3-11(16,4-2)5-17-10-8-9(13-6-12-8)14-7-15-10/h6-7,16H,3-5H2,1-2H3,(H,12,13,14,15). The van der Waals surface area contributed by atoms with Crippen LogP contribution in [0.15, 0.2) is 17.7 Å². The number of aliphatic hydroxyl groups is 1. The normalized spacial score (nSPS) is 12.2. The van der Waals surface area contributed by atoms with Gasteiger partial charge in [0, 0.05) is 5.75 Å². The first kappa shape index (κ1) is 12.3. The number of hydrogen-bond acceptors (Lipinski definition) is 5. The van der Waals surface area contributed by atoms with E-state index < -0.39 is 5.60 Å². The molecule has 2 aromatic rings. The van der Waals surface area contributed by atoms with Gasteiger partial charge in [0.05, 0.1) is 11.9 Å². The second-order valence-electron chi connectivity index (χ2n) is 4.00. The Balaban J connectivity index is 2.16. The van der Waals surface area contributed by atoms with Gasteiger partial charge in [-0.25, -0.2) is 15.0 Å². The summed E-state index contributed by atoms with van der Waals surface area (Å²) >= 11 is 1.54. The van der Waals surface area contributed by atoms with E-state index in [4.69, 9.17) is 0 Å². The van der Waals surface area contributed by atoms with Crippen molar-refractivity contribution in [1.82, 2.24) is 19.9 Å². The highest BCUT2D eigenvalue weighted by molar-refractivity contribution is 7.99. The van der Waals surface area contributed by atoms with Gasteiger partial charge >= 0.3 is 0 Å². The van der Waals surface area contributed by atoms with Crippen LogP contribution in [0.2, 0.25) is 0 Å². The number of imidazole rings is 1. The molecule has 0 aliphatic rings. The Morgan fingerprint density at radius 1 is 1.29 bits per heavy atom. The van der Waals surface area contributed by atoms with Gasteiger partial charge in [-0.05, 0) is 12.8 Å². The van der Waals surface area contributed by atoms with Crippen molar-refractivity contribution in [2.45, 2.75) is 37.3 Å². The van der Waals surface area contributed by atoms with Crippen molar-refractivity contribution in [2.75, 3.05) is 5.75 Å². The molecule has 0 saturated carbocycles. The van der Waals surface area contributed by atoms with Crippen LogP contribution in [0.3, 0.4) is 0 Å². The molecule has 0 spiro atoms. The van der Waals surface area contributed by atoms with E-state index in [1.807, 2.05) is 13.8 Å². The van der Waals surface area contributed by atoms with Gasteiger partial charge in [0.15, 0.2) is 5.65 Å². The van der Waals surface area contributed by atoms with Crippen molar-refractivity contribution in [1.29, 1.82) is 0 Å². The smallest absolute Gasteiger partial charge is 0.181 e. The third-order valence-corrected chi connectivity index (χ3v) is 4.25. The van der Waals surface area contributed by atoms with Crippen LogP contribution in [0.25, 0.3) is 11.2 Å². The van der Waals surface area contributed by atoms with Crippen LogP contribution in [0.4, 0.5) is 0 Å². The maximum Gasteiger partial charge on any atom is 0.181 e. The molecule has 92 valence electrons. The minimum Gasteiger partial charge on any atom is -0.389 e. The number of thioether (sulfide) groups is 1. The fourth-order valence-electron chi connectivity index (χ4n) is 1.51. The van der Waals surface area contributed by atoms with Crippen LogP contribution in [0, 0.1) is 0 Å². The van der Waals surface area contributed by atoms with Crippen molar-refractivity contribution in [2.24, 2.45) is 0 Å². The molecule has 6 heteroatoms. The molecule has 0 unspecified atom stereocenters. The van der Waals surface area contributed by atoms with Gasteiger partial charge in [0.1, 0.15) is 16.9 Å². The molecule has 0 atom stereocenters. The molecule has 0 amide bonds. The molecule has 2 aromatic heterocycles. The van der Waals surface area contributed by atoms with Crippen LogP contribution < -0.4 is 0 Å². The summed E-state index contributed by atoms with van der Waals surface area (Å²) in [7, 11) is 0. The van der Waals surface area contributed by atoms with E-state index in [1.54, 1.807) is 6.33 Å². The van der Waals surface area contributed by atoms with Crippen molar-refractivity contribution >= 4 is 22.9 Å². The minimum absolute atomic E-state index is 0.623. The number of hydrogen-bond donors (Lipinski definition) is 2. The number of aromatic nitrogens is 4. The number of nitrogens with zero attached hydrogens (tertiary/aromatic N) is 3. The molecular weight excluding hydrogens is 236 g/mol. The largest absolute Gasteiger partial charge is 0.389 e. The van der Waals surface area contributed by atoms with E-state index in [9.17, 15) is 5.11 Å². The summed E-state index contributed by atoms with van der Waals surface area (Å²) in [6, 6.07) is 0. The van der Waals surface area contributed by atoms with E-state index in [1.165, 1.54) is 18.1 Å². The van der Waals surface area contributed by atoms with E-state index >= 15 is 0 Å². The van der Waals surface area contributed by atoms with E-state index in [2.05, 4.69) is 19.9 Å². The third-order valence-electron chi connectivity index (χ3n) is 2.98. The van der Waals surface area contributed by atoms with Gasteiger partial charge in [-0.1, -0.05) is 13.8 Å². The third kappa shape index (κ3) is 2.58. The Morgan fingerprint density at radius 3 is 2.76 bits per heavy atom. The molecular formula is C11H16N4OS. The Labute approximate surface area is 104 Å². The fourth-order valence-corrected chi connectivity index (χ4v) is 2.74. The zero-order chi connectivity index (χ0) is 12.3. The lowest BCUT2D eigenvalue weighted by Crippen LogP contribution is -2.29. The molecule has 0 aromatic carbocycles. The second-order valence-corrected chi connectivity index (χ2v) is 4.96. The van der Waals surface area contributed by atoms with Crippen LogP contribution in [0.1, 0.15) is 26.7 Å². The second kappa shape index (κ2) is 5.01. The van der Waals surface area contributed by atoms with Crippen LogP contribution >= 0.6 is 11.8 Å². The summed E-state index contributed by atoms with van der Waals surface area (Å²) < 4.78 is 0. The van der Waals surface area contributed by atoms with Crippen LogP contribution in [0.5, 0.6) is 0 Å². The number of H-pyrrole nitrogens is 1. The number of fused-ring (bicyclic) bond motifs is 1. The summed E-state index contributed by atoms with van der Waals surface area (Å²) in [6.45, 7) is 3.99. The molecule has 2 rings (SSSR count). The lowest BCUT2D eigenvalue weighted by atomic mass is 10.0. The first-order valence-corrected chi connectivity index (χ1v) is 6.66. The van der Waals surface area contributed by atoms with Crippen molar-refractivity contribution in [3.63, 3.8) is 0 Å². The average molecular weight is 252 g/mol. The van der Waals surface area contributed by atoms with Crippen molar-refractivity contribution in [3.05, 3.63) is 12.7 Å². The average Bonchev–Trinajstić information content (AvgIpc) is 2.84.